The van der Waals surface area contributed by atoms with E-state index in [4.69, 9.17) is 16.9 Å². The number of hydrogen-bond donors (Lipinski definition) is 1. The molecule has 4 rings (SSSR count). The Hall–Kier alpha value is -2.91. The van der Waals surface area contributed by atoms with Crippen LogP contribution in [0.2, 0.25) is 5.02 Å². The van der Waals surface area contributed by atoms with E-state index in [0.717, 1.165) is 27.9 Å². The number of hydrogen-bond acceptors (Lipinski definition) is 4. The van der Waals surface area contributed by atoms with Crippen LogP contribution in [0.1, 0.15) is 12.2 Å². The Morgan fingerprint density at radius 1 is 1.35 bits per heavy atom. The highest BCUT2D eigenvalue weighted by Gasteiger charge is 2.43. The van der Waals surface area contributed by atoms with Crippen molar-refractivity contribution in [3.63, 3.8) is 0 Å². The number of anilines is 1. The number of aromatic nitrogens is 3. The van der Waals surface area contributed by atoms with Gasteiger partial charge in [0.1, 0.15) is 11.6 Å². The lowest BCUT2D eigenvalue weighted by Gasteiger charge is -2.09. The van der Waals surface area contributed by atoms with Crippen molar-refractivity contribution in [3.05, 3.63) is 41.4 Å². The summed E-state index contributed by atoms with van der Waals surface area (Å²) in [4.78, 5) is 20.7. The van der Waals surface area contributed by atoms with Crippen molar-refractivity contribution < 1.29 is 4.79 Å². The van der Waals surface area contributed by atoms with Crippen LogP contribution >= 0.6 is 11.6 Å². The largest absolute Gasteiger partial charge is 0.331 e. The molecule has 26 heavy (non-hydrogen) atoms. The summed E-state index contributed by atoms with van der Waals surface area (Å²) < 4.78 is 2.00. The zero-order chi connectivity index (χ0) is 18.4. The fourth-order valence-electron chi connectivity index (χ4n) is 3.05. The number of imidazole rings is 1. The standard InChI is InChI=1S/C19H16ClN5O/c1-10-22-9-17(25(10)2)12-3-11-6-18(23-8-15(11)16(20)5-12)24-19(26)14-4-13(14)7-21/h3,5-6,8-9,13-14H,4H2,1-2H3,(H,23,24,26). The number of fused-ring (bicyclic) bond motifs is 1. The summed E-state index contributed by atoms with van der Waals surface area (Å²) in [7, 11) is 1.95. The molecule has 0 radical (unpaired) electrons. The first-order valence-electron chi connectivity index (χ1n) is 8.26. The third kappa shape index (κ3) is 2.80. The molecule has 0 spiro atoms. The molecule has 1 N–H and O–H groups in total. The number of rotatable bonds is 3. The summed E-state index contributed by atoms with van der Waals surface area (Å²) in [6, 6.07) is 7.81. The summed E-state index contributed by atoms with van der Waals surface area (Å²) in [5.74, 6) is 0.804. The monoisotopic (exact) mass is 365 g/mol. The minimum absolute atomic E-state index is 0.159. The van der Waals surface area contributed by atoms with Crippen molar-refractivity contribution in [2.45, 2.75) is 13.3 Å². The average Bonchev–Trinajstić information content (AvgIpc) is 3.34. The van der Waals surface area contributed by atoms with Crippen molar-refractivity contribution in [3.8, 4) is 17.3 Å². The molecule has 0 saturated heterocycles. The van der Waals surface area contributed by atoms with Crippen LogP contribution in [-0.2, 0) is 11.8 Å². The predicted octanol–water partition coefficient (Wildman–Crippen LogP) is 3.70. The number of carbonyl (C=O) groups is 1. The van der Waals surface area contributed by atoms with E-state index in [1.54, 1.807) is 12.3 Å². The topological polar surface area (TPSA) is 83.6 Å². The Balaban J connectivity index is 1.69. The molecule has 2 unspecified atom stereocenters. The number of pyridine rings is 1. The quantitative estimate of drug-likeness (QED) is 0.767. The Morgan fingerprint density at radius 2 is 2.15 bits per heavy atom. The van der Waals surface area contributed by atoms with Crippen molar-refractivity contribution in [1.82, 2.24) is 14.5 Å². The molecule has 1 aliphatic carbocycles. The molecule has 1 fully saturated rings. The first kappa shape index (κ1) is 16.6. The molecule has 6 nitrogen and oxygen atoms in total. The van der Waals surface area contributed by atoms with Crippen molar-refractivity contribution in [1.29, 1.82) is 5.26 Å². The van der Waals surface area contributed by atoms with Crippen LogP contribution < -0.4 is 5.32 Å². The Morgan fingerprint density at radius 3 is 2.81 bits per heavy atom. The van der Waals surface area contributed by atoms with Gasteiger partial charge in [-0.2, -0.15) is 5.26 Å². The van der Waals surface area contributed by atoms with E-state index in [-0.39, 0.29) is 17.7 Å². The van der Waals surface area contributed by atoms with Gasteiger partial charge in [0.25, 0.3) is 0 Å². The molecule has 1 aromatic carbocycles. The number of aryl methyl sites for hydroxylation is 1. The van der Waals surface area contributed by atoms with Gasteiger partial charge < -0.3 is 9.88 Å². The van der Waals surface area contributed by atoms with Gasteiger partial charge in [-0.05, 0) is 36.9 Å². The molecule has 2 aromatic heterocycles. The van der Waals surface area contributed by atoms with Crippen LogP contribution in [0.4, 0.5) is 5.82 Å². The van der Waals surface area contributed by atoms with Gasteiger partial charge in [-0.1, -0.05) is 11.6 Å². The maximum Gasteiger partial charge on any atom is 0.230 e. The normalized spacial score (nSPS) is 18.5. The zero-order valence-corrected chi connectivity index (χ0v) is 15.1. The van der Waals surface area contributed by atoms with E-state index in [0.29, 0.717) is 17.3 Å². The van der Waals surface area contributed by atoms with Gasteiger partial charge in [-0.3, -0.25) is 4.79 Å². The number of nitrogens with one attached hydrogen (secondary N) is 1. The number of carbonyl (C=O) groups excluding carboxylic acids is 1. The smallest absolute Gasteiger partial charge is 0.230 e. The highest BCUT2D eigenvalue weighted by molar-refractivity contribution is 6.36. The molecule has 7 heteroatoms. The lowest BCUT2D eigenvalue weighted by Crippen LogP contribution is -2.15. The van der Waals surface area contributed by atoms with E-state index in [1.807, 2.05) is 36.9 Å². The molecule has 0 aliphatic heterocycles. The number of benzene rings is 1. The molecule has 0 bridgehead atoms. The molecule has 1 saturated carbocycles. The lowest BCUT2D eigenvalue weighted by molar-refractivity contribution is -0.117. The summed E-state index contributed by atoms with van der Waals surface area (Å²) in [5.41, 5.74) is 1.91. The number of halogens is 1. The summed E-state index contributed by atoms with van der Waals surface area (Å²) in [6.07, 6.45) is 4.08. The molecule has 130 valence electrons. The van der Waals surface area contributed by atoms with Gasteiger partial charge in [0, 0.05) is 24.2 Å². The highest BCUT2D eigenvalue weighted by atomic mass is 35.5. The lowest BCUT2D eigenvalue weighted by atomic mass is 10.1. The third-order valence-corrected chi connectivity index (χ3v) is 5.16. The number of nitriles is 1. The number of nitrogens with zero attached hydrogens (tertiary/aromatic N) is 4. The molecule has 2 atom stereocenters. The van der Waals surface area contributed by atoms with Gasteiger partial charge in [-0.25, -0.2) is 9.97 Å². The van der Waals surface area contributed by atoms with E-state index >= 15 is 0 Å². The minimum atomic E-state index is -0.232. The van der Waals surface area contributed by atoms with E-state index in [2.05, 4.69) is 21.4 Å². The highest BCUT2D eigenvalue weighted by Crippen LogP contribution is 2.38. The van der Waals surface area contributed by atoms with Crippen LogP contribution in [0.25, 0.3) is 22.0 Å². The molecule has 1 amide bonds. The summed E-state index contributed by atoms with van der Waals surface area (Å²) in [6.45, 7) is 1.94. The van der Waals surface area contributed by atoms with E-state index in [9.17, 15) is 4.79 Å². The number of amides is 1. The summed E-state index contributed by atoms with van der Waals surface area (Å²) in [5, 5.41) is 13.9. The molecule has 3 aromatic rings. The maximum atomic E-state index is 12.1. The maximum absolute atomic E-state index is 12.1. The molecule has 1 aliphatic rings. The second-order valence-electron chi connectivity index (χ2n) is 6.57. The first-order valence-corrected chi connectivity index (χ1v) is 8.64. The van der Waals surface area contributed by atoms with Gasteiger partial charge in [0.15, 0.2) is 0 Å². The average molecular weight is 366 g/mol. The predicted molar refractivity (Wildman–Crippen MR) is 99.5 cm³/mol. The van der Waals surface area contributed by atoms with Gasteiger partial charge in [-0.15, -0.1) is 0 Å². The summed E-state index contributed by atoms with van der Waals surface area (Å²) >= 11 is 6.43. The van der Waals surface area contributed by atoms with Crippen LogP contribution in [0, 0.1) is 30.1 Å². The molecule has 2 heterocycles. The van der Waals surface area contributed by atoms with E-state index in [1.165, 1.54) is 0 Å². The van der Waals surface area contributed by atoms with Gasteiger partial charge in [0.2, 0.25) is 5.91 Å². The zero-order valence-electron chi connectivity index (χ0n) is 14.3. The fraction of sp³-hybridized carbons (Fsp3) is 0.263. The third-order valence-electron chi connectivity index (χ3n) is 4.85. The van der Waals surface area contributed by atoms with Gasteiger partial charge in [0.05, 0.1) is 34.8 Å². The molecular weight excluding hydrogens is 350 g/mol. The van der Waals surface area contributed by atoms with Crippen LogP contribution in [0.3, 0.4) is 0 Å². The fourth-order valence-corrected chi connectivity index (χ4v) is 3.32. The van der Waals surface area contributed by atoms with Gasteiger partial charge >= 0.3 is 0 Å². The van der Waals surface area contributed by atoms with Crippen molar-refractivity contribution in [2.24, 2.45) is 18.9 Å². The Labute approximate surface area is 155 Å². The SMILES string of the molecule is Cc1ncc(-c2cc(Cl)c3cnc(NC(=O)C4CC4C#N)cc3c2)n1C. The second kappa shape index (κ2) is 6.11. The van der Waals surface area contributed by atoms with Crippen molar-refractivity contribution in [2.75, 3.05) is 5.32 Å². The second-order valence-corrected chi connectivity index (χ2v) is 6.97. The minimum Gasteiger partial charge on any atom is -0.331 e. The van der Waals surface area contributed by atoms with Crippen LogP contribution in [0.5, 0.6) is 0 Å². The van der Waals surface area contributed by atoms with E-state index < -0.39 is 0 Å². The van der Waals surface area contributed by atoms with Crippen LogP contribution in [-0.4, -0.2) is 20.4 Å². The first-order chi connectivity index (χ1) is 12.5. The molecular formula is C19H16ClN5O. The van der Waals surface area contributed by atoms with Crippen LogP contribution in [0.15, 0.2) is 30.6 Å². The Kier molecular flexibility index (Phi) is 3.89. The van der Waals surface area contributed by atoms with Crippen molar-refractivity contribution >= 4 is 34.1 Å². The Bertz CT molecular complexity index is 1080.